The van der Waals surface area contributed by atoms with Crippen LogP contribution < -0.4 is 5.32 Å². The van der Waals surface area contributed by atoms with Gasteiger partial charge in [-0.15, -0.1) is 11.8 Å². The molecule has 0 amide bonds. The number of fused-ring (bicyclic) bond motifs is 1. The molecular weight excluding hydrogens is 246 g/mol. The summed E-state index contributed by atoms with van der Waals surface area (Å²) in [6.45, 7) is 2.50. The van der Waals surface area contributed by atoms with Gasteiger partial charge in [0.15, 0.2) is 0 Å². The summed E-state index contributed by atoms with van der Waals surface area (Å²) in [4.78, 5) is 1.43. The number of methoxy groups -OCH3 is 2. The molecule has 2 rings (SSSR count). The van der Waals surface area contributed by atoms with Crippen LogP contribution in [0.15, 0.2) is 29.2 Å². The fourth-order valence-electron chi connectivity index (χ4n) is 2.17. The zero-order valence-corrected chi connectivity index (χ0v) is 11.8. The molecule has 1 N–H and O–H groups in total. The normalized spacial score (nSPS) is 19.8. The summed E-state index contributed by atoms with van der Waals surface area (Å²) in [6, 6.07) is 8.67. The molecule has 0 saturated carbocycles. The average molecular weight is 267 g/mol. The van der Waals surface area contributed by atoms with E-state index in [1.807, 2.05) is 11.8 Å². The second kappa shape index (κ2) is 7.14. The minimum absolute atomic E-state index is 0.142. The predicted octanol–water partition coefficient (Wildman–Crippen LogP) is 1.95. The number of rotatable bonds is 7. The summed E-state index contributed by atoms with van der Waals surface area (Å²) in [5.41, 5.74) is 1.48. The lowest BCUT2D eigenvalue weighted by Crippen LogP contribution is -2.35. The number of ether oxygens (including phenoxy) is 2. The SMILES string of the molecule is COCC(CNCC1Cc2ccccc2S1)OC. The van der Waals surface area contributed by atoms with Crippen molar-refractivity contribution in [2.24, 2.45) is 0 Å². The Bertz CT molecular complexity index is 348. The highest BCUT2D eigenvalue weighted by Gasteiger charge is 2.21. The summed E-state index contributed by atoms with van der Waals surface area (Å²) in [5.74, 6) is 0. The summed E-state index contributed by atoms with van der Waals surface area (Å²) in [6.07, 6.45) is 1.30. The van der Waals surface area contributed by atoms with Crippen LogP contribution in [0, 0.1) is 0 Å². The van der Waals surface area contributed by atoms with Crippen LogP contribution in [0.5, 0.6) is 0 Å². The first-order chi connectivity index (χ1) is 8.83. The molecule has 0 saturated heterocycles. The van der Waals surface area contributed by atoms with Gasteiger partial charge in [-0.1, -0.05) is 18.2 Å². The predicted molar refractivity (Wildman–Crippen MR) is 75.3 cm³/mol. The van der Waals surface area contributed by atoms with Gasteiger partial charge in [0.25, 0.3) is 0 Å². The average Bonchev–Trinajstić information content (AvgIpc) is 2.80. The first kappa shape index (κ1) is 13.9. The highest BCUT2D eigenvalue weighted by Crippen LogP contribution is 2.36. The molecule has 2 unspecified atom stereocenters. The molecule has 4 heteroatoms. The molecule has 1 aromatic carbocycles. The molecule has 2 atom stereocenters. The lowest BCUT2D eigenvalue weighted by Gasteiger charge is -2.16. The zero-order valence-electron chi connectivity index (χ0n) is 11.0. The van der Waals surface area contributed by atoms with Gasteiger partial charge in [-0.25, -0.2) is 0 Å². The van der Waals surface area contributed by atoms with Crippen LogP contribution in [0.4, 0.5) is 0 Å². The fourth-order valence-corrected chi connectivity index (χ4v) is 3.45. The minimum atomic E-state index is 0.142. The van der Waals surface area contributed by atoms with E-state index in [0.717, 1.165) is 19.5 Å². The third-order valence-corrected chi connectivity index (χ3v) is 4.46. The van der Waals surface area contributed by atoms with Crippen LogP contribution in [0.3, 0.4) is 0 Å². The first-order valence-electron chi connectivity index (χ1n) is 6.30. The first-order valence-corrected chi connectivity index (χ1v) is 7.18. The van der Waals surface area contributed by atoms with E-state index in [4.69, 9.17) is 9.47 Å². The second-order valence-corrected chi connectivity index (χ2v) is 5.87. The Labute approximate surface area is 113 Å². The lowest BCUT2D eigenvalue weighted by molar-refractivity contribution is 0.0291. The van der Waals surface area contributed by atoms with Crippen molar-refractivity contribution in [1.82, 2.24) is 5.32 Å². The van der Waals surface area contributed by atoms with E-state index in [9.17, 15) is 0 Å². The van der Waals surface area contributed by atoms with Crippen LogP contribution >= 0.6 is 11.8 Å². The van der Waals surface area contributed by atoms with Gasteiger partial charge in [0.2, 0.25) is 0 Å². The van der Waals surface area contributed by atoms with Crippen molar-refractivity contribution in [2.45, 2.75) is 22.7 Å². The van der Waals surface area contributed by atoms with E-state index in [0.29, 0.717) is 11.9 Å². The molecule has 3 nitrogen and oxygen atoms in total. The van der Waals surface area contributed by atoms with Crippen LogP contribution in [0.25, 0.3) is 0 Å². The van der Waals surface area contributed by atoms with Crippen molar-refractivity contribution in [3.05, 3.63) is 29.8 Å². The van der Waals surface area contributed by atoms with Crippen LogP contribution in [0.1, 0.15) is 5.56 Å². The molecule has 1 heterocycles. The Hall–Kier alpha value is -0.550. The number of hydrogen-bond donors (Lipinski definition) is 1. The van der Waals surface area contributed by atoms with Gasteiger partial charge in [0.1, 0.15) is 0 Å². The standard InChI is InChI=1S/C14H21NO2S/c1-16-10-12(17-2)8-15-9-13-7-11-5-3-4-6-14(11)18-13/h3-6,12-13,15H,7-10H2,1-2H3. The topological polar surface area (TPSA) is 30.5 Å². The van der Waals surface area contributed by atoms with Gasteiger partial charge >= 0.3 is 0 Å². The van der Waals surface area contributed by atoms with Gasteiger partial charge in [-0.3, -0.25) is 0 Å². The van der Waals surface area contributed by atoms with Crippen molar-refractivity contribution >= 4 is 11.8 Å². The maximum atomic E-state index is 5.32. The number of hydrogen-bond acceptors (Lipinski definition) is 4. The smallest absolute Gasteiger partial charge is 0.0928 e. The van der Waals surface area contributed by atoms with E-state index in [-0.39, 0.29) is 6.10 Å². The fraction of sp³-hybridized carbons (Fsp3) is 0.571. The van der Waals surface area contributed by atoms with Gasteiger partial charge in [0, 0.05) is 37.5 Å². The Balaban J connectivity index is 1.70. The van der Waals surface area contributed by atoms with E-state index in [2.05, 4.69) is 29.6 Å². The van der Waals surface area contributed by atoms with Crippen molar-refractivity contribution < 1.29 is 9.47 Å². The molecule has 100 valence electrons. The van der Waals surface area contributed by atoms with Gasteiger partial charge in [-0.05, 0) is 18.1 Å². The third kappa shape index (κ3) is 3.72. The minimum Gasteiger partial charge on any atom is -0.382 e. The molecule has 1 aromatic rings. The van der Waals surface area contributed by atoms with Crippen LogP contribution in [-0.4, -0.2) is 45.3 Å². The van der Waals surface area contributed by atoms with Gasteiger partial charge < -0.3 is 14.8 Å². The third-order valence-electron chi connectivity index (χ3n) is 3.14. The highest BCUT2D eigenvalue weighted by atomic mass is 32.2. The number of benzene rings is 1. The molecule has 18 heavy (non-hydrogen) atoms. The number of nitrogens with one attached hydrogen (secondary N) is 1. The molecule has 1 aliphatic rings. The quantitative estimate of drug-likeness (QED) is 0.818. The zero-order chi connectivity index (χ0) is 12.8. The summed E-state index contributed by atoms with van der Waals surface area (Å²) in [5, 5.41) is 4.11. The van der Waals surface area contributed by atoms with E-state index in [1.165, 1.54) is 10.5 Å². The molecule has 1 aliphatic heterocycles. The molecule has 0 aliphatic carbocycles. The van der Waals surface area contributed by atoms with Crippen molar-refractivity contribution in [1.29, 1.82) is 0 Å². The van der Waals surface area contributed by atoms with E-state index in [1.54, 1.807) is 14.2 Å². The molecule has 0 radical (unpaired) electrons. The van der Waals surface area contributed by atoms with Crippen LogP contribution in [-0.2, 0) is 15.9 Å². The summed E-state index contributed by atoms with van der Waals surface area (Å²) >= 11 is 1.97. The van der Waals surface area contributed by atoms with Gasteiger partial charge in [-0.2, -0.15) is 0 Å². The molecule has 0 aromatic heterocycles. The maximum absolute atomic E-state index is 5.32. The van der Waals surface area contributed by atoms with Crippen LogP contribution in [0.2, 0.25) is 0 Å². The van der Waals surface area contributed by atoms with Crippen molar-refractivity contribution in [3.63, 3.8) is 0 Å². The van der Waals surface area contributed by atoms with Crippen molar-refractivity contribution in [2.75, 3.05) is 33.9 Å². The summed E-state index contributed by atoms with van der Waals surface area (Å²) in [7, 11) is 3.43. The summed E-state index contributed by atoms with van der Waals surface area (Å²) < 4.78 is 10.4. The molecule has 0 bridgehead atoms. The Morgan fingerprint density at radius 3 is 2.94 bits per heavy atom. The Morgan fingerprint density at radius 1 is 1.39 bits per heavy atom. The molecule has 0 fully saturated rings. The largest absolute Gasteiger partial charge is 0.382 e. The second-order valence-electron chi connectivity index (χ2n) is 4.52. The maximum Gasteiger partial charge on any atom is 0.0928 e. The lowest BCUT2D eigenvalue weighted by atomic mass is 10.1. The highest BCUT2D eigenvalue weighted by molar-refractivity contribution is 8.00. The molecule has 0 spiro atoms. The monoisotopic (exact) mass is 267 g/mol. The van der Waals surface area contributed by atoms with E-state index < -0.39 is 0 Å². The van der Waals surface area contributed by atoms with E-state index >= 15 is 0 Å². The molecular formula is C14H21NO2S. The van der Waals surface area contributed by atoms with Crippen molar-refractivity contribution in [3.8, 4) is 0 Å². The Morgan fingerprint density at radius 2 is 2.22 bits per heavy atom. The number of thioether (sulfide) groups is 1. The van der Waals surface area contributed by atoms with Gasteiger partial charge in [0.05, 0.1) is 12.7 Å². The Kier molecular flexibility index (Phi) is 5.50.